The Kier molecular flexibility index (Phi) is 17.6. The van der Waals surface area contributed by atoms with Crippen molar-refractivity contribution in [1.29, 1.82) is 0 Å². The summed E-state index contributed by atoms with van der Waals surface area (Å²) in [5, 5.41) is 0. The maximum Gasteiger partial charge on any atom is 0.0894 e. The molecule has 0 aliphatic heterocycles. The average Bonchev–Trinajstić information content (AvgIpc) is 2.52. The van der Waals surface area contributed by atoms with E-state index in [1.165, 1.54) is 77.0 Å². The van der Waals surface area contributed by atoms with Crippen LogP contribution < -0.4 is 0 Å². The minimum atomic E-state index is -0.135. The number of hydrogen-bond acceptors (Lipinski definition) is 1. The molecule has 24 heavy (non-hydrogen) atoms. The molecule has 0 heterocycles. The predicted molar refractivity (Wildman–Crippen MR) is 106 cm³/mol. The third-order valence-corrected chi connectivity index (χ3v) is 4.67. The van der Waals surface area contributed by atoms with Gasteiger partial charge in [-0.05, 0) is 24.7 Å². The molecule has 0 aliphatic carbocycles. The number of alkyl halides is 1. The van der Waals surface area contributed by atoms with Crippen molar-refractivity contribution >= 4 is 0 Å². The molecule has 0 spiro atoms. The lowest BCUT2D eigenvalue weighted by Gasteiger charge is -2.17. The van der Waals surface area contributed by atoms with Crippen molar-refractivity contribution in [2.75, 3.05) is 19.9 Å². The van der Waals surface area contributed by atoms with Gasteiger partial charge in [0.25, 0.3) is 0 Å². The first-order chi connectivity index (χ1) is 11.6. The van der Waals surface area contributed by atoms with Gasteiger partial charge in [-0.1, -0.05) is 97.8 Å². The molecule has 0 fully saturated rings. The Morgan fingerprint density at radius 1 is 0.542 bits per heavy atom. The van der Waals surface area contributed by atoms with Crippen LogP contribution in [0.3, 0.4) is 0 Å². The Balaban J connectivity index is 3.00. The number of rotatable bonds is 18. The molecule has 0 rings (SSSR count). The van der Waals surface area contributed by atoms with Gasteiger partial charge in [-0.25, -0.2) is 0 Å². The van der Waals surface area contributed by atoms with Crippen LogP contribution in [0, 0.1) is 5.41 Å². The molecule has 1 nitrogen and oxygen atoms in total. The number of halogens is 1. The van der Waals surface area contributed by atoms with E-state index in [4.69, 9.17) is 4.74 Å². The van der Waals surface area contributed by atoms with Crippen LogP contribution >= 0.6 is 0 Å². The molecule has 2 heteroatoms. The summed E-state index contributed by atoms with van der Waals surface area (Å²) in [5.74, 6) is 0. The van der Waals surface area contributed by atoms with E-state index in [2.05, 4.69) is 20.8 Å². The minimum Gasteiger partial charge on any atom is -0.381 e. The van der Waals surface area contributed by atoms with Crippen molar-refractivity contribution in [2.45, 2.75) is 117 Å². The summed E-state index contributed by atoms with van der Waals surface area (Å²) in [4.78, 5) is 0. The molecule has 0 bridgehead atoms. The maximum atomic E-state index is 11.9. The highest BCUT2D eigenvalue weighted by Gasteiger charge is 2.08. The van der Waals surface area contributed by atoms with Gasteiger partial charge in [0.1, 0.15) is 0 Å². The molecule has 0 aromatic heterocycles. The van der Waals surface area contributed by atoms with E-state index in [0.717, 1.165) is 32.5 Å². The van der Waals surface area contributed by atoms with E-state index in [9.17, 15) is 4.39 Å². The van der Waals surface area contributed by atoms with E-state index in [1.54, 1.807) is 0 Å². The lowest BCUT2D eigenvalue weighted by molar-refractivity contribution is 0.105. The first-order valence-electron chi connectivity index (χ1n) is 10.7. The summed E-state index contributed by atoms with van der Waals surface area (Å²) in [7, 11) is 0. The summed E-state index contributed by atoms with van der Waals surface area (Å²) in [6.45, 7) is 8.54. The van der Waals surface area contributed by atoms with Crippen LogP contribution in [0.1, 0.15) is 117 Å². The van der Waals surface area contributed by atoms with E-state index >= 15 is 0 Å². The molecule has 0 aliphatic rings. The van der Waals surface area contributed by atoms with Gasteiger partial charge in [0.05, 0.1) is 6.67 Å². The Labute approximate surface area is 152 Å². The van der Waals surface area contributed by atoms with E-state index in [0.29, 0.717) is 5.41 Å². The molecule has 0 aromatic rings. The van der Waals surface area contributed by atoms with Crippen molar-refractivity contribution in [3.05, 3.63) is 0 Å². The Bertz CT molecular complexity index is 235. The van der Waals surface area contributed by atoms with Gasteiger partial charge in [-0.15, -0.1) is 0 Å². The summed E-state index contributed by atoms with van der Waals surface area (Å²) in [6.07, 6.45) is 19.2. The highest BCUT2D eigenvalue weighted by atomic mass is 19.1. The molecular weight excluding hydrogens is 299 g/mol. The van der Waals surface area contributed by atoms with E-state index in [1.807, 2.05) is 0 Å². The SMILES string of the molecule is CC(C)(C)CCOCCCCCCCCCCCCCCCCF. The molecule has 0 aromatic carbocycles. The van der Waals surface area contributed by atoms with Crippen LogP contribution in [-0.4, -0.2) is 19.9 Å². The largest absolute Gasteiger partial charge is 0.381 e. The second kappa shape index (κ2) is 17.7. The fraction of sp³-hybridized carbons (Fsp3) is 1.00. The predicted octanol–water partition coefficient (Wildman–Crippen LogP) is 7.87. The molecular formula is C22H45FO. The normalized spacial score (nSPS) is 12.0. The van der Waals surface area contributed by atoms with Gasteiger partial charge >= 0.3 is 0 Å². The molecule has 146 valence electrons. The number of unbranched alkanes of at least 4 members (excludes halogenated alkanes) is 13. The zero-order valence-electron chi connectivity index (χ0n) is 17.0. The monoisotopic (exact) mass is 344 g/mol. The van der Waals surface area contributed by atoms with Crippen molar-refractivity contribution in [3.8, 4) is 0 Å². The lowest BCUT2D eigenvalue weighted by Crippen LogP contribution is -2.09. The lowest BCUT2D eigenvalue weighted by atomic mass is 9.93. The summed E-state index contributed by atoms with van der Waals surface area (Å²) < 4.78 is 17.6. The maximum absolute atomic E-state index is 11.9. The third-order valence-electron chi connectivity index (χ3n) is 4.67. The fourth-order valence-corrected chi connectivity index (χ4v) is 2.90. The van der Waals surface area contributed by atoms with Crippen LogP contribution in [0.5, 0.6) is 0 Å². The highest BCUT2D eigenvalue weighted by Crippen LogP contribution is 2.18. The standard InChI is InChI=1S/C22H45FO/c1-22(2,3)18-21-24-20-17-15-13-11-9-7-5-4-6-8-10-12-14-16-19-23/h4-21H2,1-3H3. The van der Waals surface area contributed by atoms with Crippen molar-refractivity contribution in [1.82, 2.24) is 0 Å². The van der Waals surface area contributed by atoms with Gasteiger partial charge in [0, 0.05) is 13.2 Å². The van der Waals surface area contributed by atoms with Gasteiger partial charge < -0.3 is 4.74 Å². The second-order valence-corrected chi connectivity index (χ2v) is 8.56. The highest BCUT2D eigenvalue weighted by molar-refractivity contribution is 4.59. The molecule has 0 unspecified atom stereocenters. The van der Waals surface area contributed by atoms with Crippen LogP contribution in [0.25, 0.3) is 0 Å². The average molecular weight is 345 g/mol. The quantitative estimate of drug-likeness (QED) is 0.230. The first-order valence-corrected chi connectivity index (χ1v) is 10.7. The Morgan fingerprint density at radius 2 is 0.917 bits per heavy atom. The van der Waals surface area contributed by atoms with Crippen molar-refractivity contribution in [2.24, 2.45) is 5.41 Å². The van der Waals surface area contributed by atoms with Crippen LogP contribution in [-0.2, 0) is 4.74 Å². The van der Waals surface area contributed by atoms with Gasteiger partial charge in [0.2, 0.25) is 0 Å². The Morgan fingerprint density at radius 3 is 1.29 bits per heavy atom. The molecule has 0 N–H and O–H groups in total. The molecule has 0 saturated carbocycles. The zero-order valence-corrected chi connectivity index (χ0v) is 17.0. The van der Waals surface area contributed by atoms with Crippen molar-refractivity contribution < 1.29 is 9.13 Å². The van der Waals surface area contributed by atoms with Crippen LogP contribution in [0.4, 0.5) is 4.39 Å². The molecule has 0 amide bonds. The van der Waals surface area contributed by atoms with E-state index in [-0.39, 0.29) is 6.67 Å². The summed E-state index contributed by atoms with van der Waals surface area (Å²) in [5.41, 5.74) is 0.398. The fourth-order valence-electron chi connectivity index (χ4n) is 2.90. The van der Waals surface area contributed by atoms with Crippen LogP contribution in [0.15, 0.2) is 0 Å². The second-order valence-electron chi connectivity index (χ2n) is 8.56. The number of hydrogen-bond donors (Lipinski definition) is 0. The summed E-state index contributed by atoms with van der Waals surface area (Å²) >= 11 is 0. The minimum absolute atomic E-state index is 0.135. The van der Waals surface area contributed by atoms with Gasteiger partial charge in [0.15, 0.2) is 0 Å². The summed E-state index contributed by atoms with van der Waals surface area (Å²) in [6, 6.07) is 0. The third kappa shape index (κ3) is 21.9. The smallest absolute Gasteiger partial charge is 0.0894 e. The van der Waals surface area contributed by atoms with Crippen molar-refractivity contribution in [3.63, 3.8) is 0 Å². The zero-order chi connectivity index (χ0) is 17.9. The molecule has 0 atom stereocenters. The van der Waals surface area contributed by atoms with Gasteiger partial charge in [-0.3, -0.25) is 4.39 Å². The van der Waals surface area contributed by atoms with E-state index < -0.39 is 0 Å². The first kappa shape index (κ1) is 23.9. The molecule has 0 radical (unpaired) electrons. The number of ether oxygens (including phenoxy) is 1. The topological polar surface area (TPSA) is 9.23 Å². The van der Waals surface area contributed by atoms with Gasteiger partial charge in [-0.2, -0.15) is 0 Å². The Hall–Kier alpha value is -0.110. The van der Waals surface area contributed by atoms with Crippen LogP contribution in [0.2, 0.25) is 0 Å². The molecule has 0 saturated heterocycles.